The second kappa shape index (κ2) is 9.43. The second-order valence-corrected chi connectivity index (χ2v) is 8.83. The average Bonchev–Trinajstić information content (AvgIpc) is 3.19. The third kappa shape index (κ3) is 5.82. The molecule has 2 amide bonds. The summed E-state index contributed by atoms with van der Waals surface area (Å²) < 4.78 is 0. The van der Waals surface area contributed by atoms with Gasteiger partial charge < -0.3 is 10.6 Å². The maximum atomic E-state index is 12.4. The molecule has 7 nitrogen and oxygen atoms in total. The Labute approximate surface area is 174 Å². The molecule has 0 bridgehead atoms. The Hall–Kier alpha value is -2.35. The predicted octanol–water partition coefficient (Wildman–Crippen LogP) is 3.55. The van der Waals surface area contributed by atoms with Crippen molar-refractivity contribution in [3.63, 3.8) is 0 Å². The van der Waals surface area contributed by atoms with Crippen molar-refractivity contribution in [3.05, 3.63) is 35.7 Å². The number of carbonyl (C=O) groups excluding carboxylic acids is 2. The second-order valence-electron chi connectivity index (χ2n) is 7.88. The van der Waals surface area contributed by atoms with E-state index in [2.05, 4.69) is 25.8 Å². The molecule has 3 N–H and O–H groups in total. The first-order valence-electron chi connectivity index (χ1n) is 10.4. The summed E-state index contributed by atoms with van der Waals surface area (Å²) in [4.78, 5) is 29.2. The first kappa shape index (κ1) is 19.9. The van der Waals surface area contributed by atoms with E-state index in [1.165, 1.54) is 37.4 Å². The van der Waals surface area contributed by atoms with Gasteiger partial charge in [0.25, 0.3) is 5.91 Å². The summed E-state index contributed by atoms with van der Waals surface area (Å²) in [6, 6.07) is 7.36. The van der Waals surface area contributed by atoms with E-state index in [-0.39, 0.29) is 23.6 Å². The van der Waals surface area contributed by atoms with Crippen LogP contribution in [0.3, 0.4) is 0 Å². The Morgan fingerprint density at radius 1 is 1.14 bits per heavy atom. The summed E-state index contributed by atoms with van der Waals surface area (Å²) in [7, 11) is 0. The fraction of sp³-hybridized carbons (Fsp3) is 0.524. The predicted molar refractivity (Wildman–Crippen MR) is 113 cm³/mol. The number of para-hydroxylation sites is 1. The summed E-state index contributed by atoms with van der Waals surface area (Å²) in [5.41, 5.74) is 1.02. The van der Waals surface area contributed by atoms with Crippen molar-refractivity contribution in [1.29, 1.82) is 0 Å². The van der Waals surface area contributed by atoms with Crippen molar-refractivity contribution >= 4 is 29.3 Å². The monoisotopic (exact) mass is 413 g/mol. The topological polar surface area (TPSA) is 99.8 Å². The zero-order valence-corrected chi connectivity index (χ0v) is 17.3. The molecule has 0 saturated heterocycles. The minimum Gasteiger partial charge on any atom is -0.349 e. The Bertz CT molecular complexity index is 858. The smallest absolute Gasteiger partial charge is 0.253 e. The molecule has 1 aromatic carbocycles. The number of hydrogen-bond acceptors (Lipinski definition) is 5. The zero-order chi connectivity index (χ0) is 20.1. The van der Waals surface area contributed by atoms with Crippen LogP contribution in [0, 0.1) is 5.92 Å². The molecule has 1 aromatic heterocycles. The number of nitrogens with one attached hydrogen (secondary N) is 3. The molecule has 2 aliphatic carbocycles. The summed E-state index contributed by atoms with van der Waals surface area (Å²) in [5.74, 6) is 1.58. The first-order chi connectivity index (χ1) is 14.2. The van der Waals surface area contributed by atoms with Gasteiger partial charge in [-0.3, -0.25) is 14.7 Å². The van der Waals surface area contributed by atoms with Gasteiger partial charge in [0.05, 0.1) is 17.0 Å². The number of aryl methyl sites for hydroxylation is 1. The van der Waals surface area contributed by atoms with E-state index in [1.807, 2.05) is 6.07 Å². The number of rotatable bonds is 9. The Balaban J connectivity index is 1.25. The van der Waals surface area contributed by atoms with Crippen LogP contribution < -0.4 is 10.6 Å². The fourth-order valence-electron chi connectivity index (χ4n) is 3.69. The standard InChI is InChI=1S/C21H27N5O2S/c27-19(23-17-8-4-3-7-16(17)20(28)22-15-10-11-15)13-29-21-24-18(25-26-21)12-9-14-5-1-2-6-14/h3-4,7-8,14-15H,1-2,5-6,9-13H2,(H,22,28)(H,23,27)(H,24,25,26). The number of carbonyl (C=O) groups is 2. The van der Waals surface area contributed by atoms with Crippen LogP contribution >= 0.6 is 11.8 Å². The van der Waals surface area contributed by atoms with Gasteiger partial charge in [-0.05, 0) is 37.3 Å². The Morgan fingerprint density at radius 3 is 2.72 bits per heavy atom. The van der Waals surface area contributed by atoms with Gasteiger partial charge in [-0.15, -0.1) is 5.10 Å². The summed E-state index contributed by atoms with van der Waals surface area (Å²) in [6.07, 6.45) is 9.47. The number of H-pyrrole nitrogens is 1. The number of nitrogens with zero attached hydrogens (tertiary/aromatic N) is 2. The van der Waals surface area contributed by atoms with Crippen molar-refractivity contribution in [2.24, 2.45) is 5.92 Å². The lowest BCUT2D eigenvalue weighted by molar-refractivity contribution is -0.113. The van der Waals surface area contributed by atoms with E-state index in [1.54, 1.807) is 18.2 Å². The van der Waals surface area contributed by atoms with Crippen LogP contribution in [0.2, 0.25) is 0 Å². The Kier molecular flexibility index (Phi) is 6.49. The van der Waals surface area contributed by atoms with E-state index < -0.39 is 0 Å². The molecule has 2 aliphatic rings. The molecule has 2 saturated carbocycles. The van der Waals surface area contributed by atoms with Crippen LogP contribution in [-0.2, 0) is 11.2 Å². The highest BCUT2D eigenvalue weighted by Crippen LogP contribution is 2.28. The largest absolute Gasteiger partial charge is 0.349 e. The fourth-order valence-corrected chi connectivity index (χ4v) is 4.31. The SMILES string of the molecule is O=C(CSc1n[nH]c(CCC2CCCC2)n1)Nc1ccccc1C(=O)NC1CC1. The molecule has 154 valence electrons. The van der Waals surface area contributed by atoms with Gasteiger partial charge in [0.2, 0.25) is 11.1 Å². The molecular weight excluding hydrogens is 386 g/mol. The van der Waals surface area contributed by atoms with Gasteiger partial charge in [-0.25, -0.2) is 4.98 Å². The van der Waals surface area contributed by atoms with Crippen LogP contribution in [0.25, 0.3) is 0 Å². The third-order valence-corrected chi connectivity index (χ3v) is 6.31. The van der Waals surface area contributed by atoms with E-state index in [4.69, 9.17) is 0 Å². The van der Waals surface area contributed by atoms with Crippen molar-refractivity contribution in [1.82, 2.24) is 20.5 Å². The number of anilines is 1. The highest BCUT2D eigenvalue weighted by molar-refractivity contribution is 7.99. The molecule has 1 heterocycles. The van der Waals surface area contributed by atoms with Crippen LogP contribution in [0.1, 0.15) is 61.1 Å². The first-order valence-corrected chi connectivity index (χ1v) is 11.4. The van der Waals surface area contributed by atoms with Crippen molar-refractivity contribution in [3.8, 4) is 0 Å². The maximum Gasteiger partial charge on any atom is 0.253 e. The van der Waals surface area contributed by atoms with Crippen molar-refractivity contribution in [2.75, 3.05) is 11.1 Å². The minimum absolute atomic E-state index is 0.142. The molecule has 2 aromatic rings. The van der Waals surface area contributed by atoms with Gasteiger partial charge in [0, 0.05) is 12.5 Å². The third-order valence-electron chi connectivity index (χ3n) is 5.47. The molecule has 0 unspecified atom stereocenters. The molecule has 0 aliphatic heterocycles. The van der Waals surface area contributed by atoms with Crippen molar-refractivity contribution < 1.29 is 9.59 Å². The van der Waals surface area contributed by atoms with Crippen LogP contribution in [0.5, 0.6) is 0 Å². The number of aromatic amines is 1. The number of amides is 2. The molecule has 2 fully saturated rings. The summed E-state index contributed by atoms with van der Waals surface area (Å²) >= 11 is 1.30. The molecule has 0 atom stereocenters. The summed E-state index contributed by atoms with van der Waals surface area (Å²) in [5, 5.41) is 13.6. The van der Waals surface area contributed by atoms with Crippen LogP contribution in [-0.4, -0.2) is 38.8 Å². The van der Waals surface area contributed by atoms with E-state index in [9.17, 15) is 9.59 Å². The highest BCUT2D eigenvalue weighted by atomic mass is 32.2. The van der Waals surface area contributed by atoms with E-state index >= 15 is 0 Å². The van der Waals surface area contributed by atoms with Crippen molar-refractivity contribution in [2.45, 2.75) is 62.6 Å². The Morgan fingerprint density at radius 2 is 1.93 bits per heavy atom. The average molecular weight is 414 g/mol. The maximum absolute atomic E-state index is 12.4. The van der Waals surface area contributed by atoms with Gasteiger partial charge >= 0.3 is 0 Å². The normalized spacial score (nSPS) is 16.7. The lowest BCUT2D eigenvalue weighted by Gasteiger charge is -2.10. The number of benzene rings is 1. The molecule has 4 rings (SSSR count). The highest BCUT2D eigenvalue weighted by Gasteiger charge is 2.25. The number of hydrogen-bond donors (Lipinski definition) is 3. The molecule has 8 heteroatoms. The van der Waals surface area contributed by atoms with Crippen LogP contribution in [0.4, 0.5) is 5.69 Å². The molecule has 0 radical (unpaired) electrons. The van der Waals surface area contributed by atoms with Gasteiger partial charge in [0.1, 0.15) is 5.82 Å². The van der Waals surface area contributed by atoms with E-state index in [0.717, 1.165) is 37.4 Å². The van der Waals surface area contributed by atoms with Gasteiger partial charge in [-0.2, -0.15) is 0 Å². The minimum atomic E-state index is -0.182. The van der Waals surface area contributed by atoms with E-state index in [0.29, 0.717) is 16.4 Å². The van der Waals surface area contributed by atoms with Gasteiger partial charge in [-0.1, -0.05) is 49.6 Å². The van der Waals surface area contributed by atoms with Crippen LogP contribution in [0.15, 0.2) is 29.4 Å². The lowest BCUT2D eigenvalue weighted by atomic mass is 10.0. The summed E-state index contributed by atoms with van der Waals surface area (Å²) in [6.45, 7) is 0. The molecular formula is C21H27N5O2S. The number of aromatic nitrogens is 3. The molecule has 29 heavy (non-hydrogen) atoms. The lowest BCUT2D eigenvalue weighted by Crippen LogP contribution is -2.27. The quantitative estimate of drug-likeness (QED) is 0.546. The number of thioether (sulfide) groups is 1. The van der Waals surface area contributed by atoms with Gasteiger partial charge in [0.15, 0.2) is 0 Å². The zero-order valence-electron chi connectivity index (χ0n) is 16.4. The molecule has 0 spiro atoms.